The fourth-order valence-corrected chi connectivity index (χ4v) is 3.30. The molecule has 0 spiro atoms. The monoisotopic (exact) mass is 339 g/mol. The maximum Gasteiger partial charge on any atom is 0.0768 e. The fraction of sp³-hybridized carbons (Fsp3) is 0.0435. The lowest BCUT2D eigenvalue weighted by molar-refractivity contribution is 1.01. The lowest BCUT2D eigenvalue weighted by atomic mass is 9.93. The molecule has 4 N–H and O–H groups in total. The third-order valence-electron chi connectivity index (χ3n) is 4.61. The smallest absolute Gasteiger partial charge is 0.0768 e. The van der Waals surface area contributed by atoms with Gasteiger partial charge in [-0.25, -0.2) is 0 Å². The molecule has 4 rings (SSSR count). The van der Waals surface area contributed by atoms with Gasteiger partial charge in [0.2, 0.25) is 0 Å². The highest BCUT2D eigenvalue weighted by Gasteiger charge is 2.19. The zero-order valence-corrected chi connectivity index (χ0v) is 14.4. The first-order valence-corrected chi connectivity index (χ1v) is 8.65. The number of nitrogens with one attached hydrogen (secondary N) is 2. The topological polar surface area (TPSA) is 53.8 Å². The summed E-state index contributed by atoms with van der Waals surface area (Å²) in [5, 5.41) is 4.77. The van der Waals surface area contributed by atoms with Gasteiger partial charge >= 0.3 is 0 Å². The molecule has 0 radical (unpaired) electrons. The van der Waals surface area contributed by atoms with E-state index >= 15 is 0 Å². The van der Waals surface area contributed by atoms with E-state index in [0.717, 1.165) is 33.6 Å². The van der Waals surface area contributed by atoms with Gasteiger partial charge in [-0.15, -0.1) is 0 Å². The van der Waals surface area contributed by atoms with Crippen LogP contribution in [0.4, 0.5) is 11.4 Å². The number of benzene rings is 3. The first kappa shape index (κ1) is 16.0. The molecule has 0 saturated carbocycles. The molecule has 26 heavy (non-hydrogen) atoms. The van der Waals surface area contributed by atoms with Crippen LogP contribution < -0.4 is 11.1 Å². The van der Waals surface area contributed by atoms with Crippen molar-refractivity contribution in [2.24, 2.45) is 0 Å². The largest absolute Gasteiger partial charge is 0.399 e. The highest BCUT2D eigenvalue weighted by atomic mass is 14.9. The van der Waals surface area contributed by atoms with E-state index in [0.29, 0.717) is 0 Å². The summed E-state index contributed by atoms with van der Waals surface area (Å²) in [5.41, 5.74) is 12.1. The second kappa shape index (κ2) is 6.81. The molecule has 0 saturated heterocycles. The van der Waals surface area contributed by atoms with Crippen molar-refractivity contribution < 1.29 is 0 Å². The number of rotatable bonds is 5. The molecule has 128 valence electrons. The summed E-state index contributed by atoms with van der Waals surface area (Å²) in [4.78, 5) is 3.34. The van der Waals surface area contributed by atoms with Gasteiger partial charge in [0.25, 0.3) is 0 Å². The number of fused-ring (bicyclic) bond motifs is 1. The number of anilines is 2. The van der Waals surface area contributed by atoms with Crippen molar-refractivity contribution >= 4 is 27.9 Å². The maximum absolute atomic E-state index is 5.95. The van der Waals surface area contributed by atoms with Gasteiger partial charge in [-0.2, -0.15) is 0 Å². The van der Waals surface area contributed by atoms with E-state index in [1.54, 1.807) is 0 Å². The van der Waals surface area contributed by atoms with Crippen LogP contribution >= 0.6 is 0 Å². The minimum atomic E-state index is -0.0581. The summed E-state index contributed by atoms with van der Waals surface area (Å²) in [6.45, 7) is 4.43. The number of nitrogens with two attached hydrogens (primary N) is 1. The number of hydrogen-bond acceptors (Lipinski definition) is 2. The summed E-state index contributed by atoms with van der Waals surface area (Å²) in [6.07, 6.45) is 2.03. The highest BCUT2D eigenvalue weighted by molar-refractivity contribution is 5.94. The van der Waals surface area contributed by atoms with Crippen molar-refractivity contribution in [2.75, 3.05) is 11.1 Å². The zero-order chi connectivity index (χ0) is 17.9. The Bertz CT molecular complexity index is 1050. The Morgan fingerprint density at radius 3 is 2.50 bits per heavy atom. The lowest BCUT2D eigenvalue weighted by Gasteiger charge is -2.23. The molecule has 0 aliphatic rings. The molecule has 0 aliphatic carbocycles. The third-order valence-corrected chi connectivity index (χ3v) is 4.61. The average molecular weight is 339 g/mol. The quantitative estimate of drug-likeness (QED) is 0.414. The Balaban J connectivity index is 1.76. The molecule has 1 atom stereocenters. The van der Waals surface area contributed by atoms with Crippen molar-refractivity contribution in [1.82, 2.24) is 4.98 Å². The van der Waals surface area contributed by atoms with E-state index in [9.17, 15) is 0 Å². The molecule has 0 aliphatic heterocycles. The lowest BCUT2D eigenvalue weighted by Crippen LogP contribution is -2.12. The van der Waals surface area contributed by atoms with Crippen LogP contribution in [0.25, 0.3) is 16.5 Å². The number of hydrogen-bond donors (Lipinski definition) is 3. The molecule has 0 fully saturated rings. The van der Waals surface area contributed by atoms with E-state index in [4.69, 9.17) is 5.73 Å². The van der Waals surface area contributed by atoms with E-state index in [1.807, 2.05) is 54.7 Å². The summed E-state index contributed by atoms with van der Waals surface area (Å²) in [7, 11) is 0. The van der Waals surface area contributed by atoms with Crippen molar-refractivity contribution in [3.63, 3.8) is 0 Å². The molecule has 1 heterocycles. The Hall–Kier alpha value is -3.46. The third kappa shape index (κ3) is 3.07. The number of para-hydroxylation sites is 1. The molecule has 4 aromatic rings. The SMILES string of the molecule is C=C(c1c[nH]c2ccccc12)C(Nc1cccc(N)c1)c1ccccc1. The summed E-state index contributed by atoms with van der Waals surface area (Å²) in [5.74, 6) is 0. The minimum Gasteiger partial charge on any atom is -0.399 e. The van der Waals surface area contributed by atoms with Crippen LogP contribution in [-0.2, 0) is 0 Å². The molecular formula is C23H21N3. The average Bonchev–Trinajstić information content (AvgIpc) is 3.10. The van der Waals surface area contributed by atoms with Gasteiger partial charge < -0.3 is 16.0 Å². The Kier molecular flexibility index (Phi) is 4.20. The molecule has 3 aromatic carbocycles. The van der Waals surface area contributed by atoms with Gasteiger partial charge in [-0.05, 0) is 35.4 Å². The van der Waals surface area contributed by atoms with Crippen LogP contribution in [0.1, 0.15) is 17.2 Å². The molecular weight excluding hydrogens is 318 g/mol. The van der Waals surface area contributed by atoms with Crippen molar-refractivity contribution in [1.29, 1.82) is 0 Å². The molecule has 1 aromatic heterocycles. The second-order valence-corrected chi connectivity index (χ2v) is 6.39. The van der Waals surface area contributed by atoms with Gasteiger partial charge in [0.15, 0.2) is 0 Å². The first-order valence-electron chi connectivity index (χ1n) is 8.65. The Morgan fingerprint density at radius 1 is 0.923 bits per heavy atom. The zero-order valence-electron chi connectivity index (χ0n) is 14.4. The minimum absolute atomic E-state index is 0.0581. The van der Waals surface area contributed by atoms with Crippen molar-refractivity contribution in [3.8, 4) is 0 Å². The van der Waals surface area contributed by atoms with Crippen molar-refractivity contribution in [3.05, 3.63) is 103 Å². The predicted octanol–water partition coefficient (Wildman–Crippen LogP) is 5.62. The predicted molar refractivity (Wildman–Crippen MR) is 111 cm³/mol. The number of nitrogen functional groups attached to an aromatic ring is 1. The Labute approximate surface area is 153 Å². The number of H-pyrrole nitrogens is 1. The molecule has 0 bridgehead atoms. The van der Waals surface area contributed by atoms with E-state index in [-0.39, 0.29) is 6.04 Å². The summed E-state index contributed by atoms with van der Waals surface area (Å²) < 4.78 is 0. The second-order valence-electron chi connectivity index (χ2n) is 6.39. The summed E-state index contributed by atoms with van der Waals surface area (Å²) >= 11 is 0. The van der Waals surface area contributed by atoms with Gasteiger partial charge in [0.05, 0.1) is 6.04 Å². The van der Waals surface area contributed by atoms with Crippen LogP contribution in [0, 0.1) is 0 Å². The van der Waals surface area contributed by atoms with Crippen LogP contribution in [0.15, 0.2) is 91.6 Å². The molecule has 0 amide bonds. The molecule has 3 heteroatoms. The normalized spacial score (nSPS) is 12.0. The van der Waals surface area contributed by atoms with E-state index in [1.165, 1.54) is 5.39 Å². The van der Waals surface area contributed by atoms with E-state index in [2.05, 4.69) is 47.2 Å². The Morgan fingerprint density at radius 2 is 1.69 bits per heavy atom. The standard InChI is InChI=1S/C23H21N3/c1-16(21-15-25-22-13-6-5-12-20(21)22)23(17-8-3-2-4-9-17)26-19-11-7-10-18(24)14-19/h2-15,23,25-26H,1,24H2. The summed E-state index contributed by atoms with van der Waals surface area (Å²) in [6, 6.07) is 26.4. The molecule has 1 unspecified atom stereocenters. The van der Waals surface area contributed by atoms with Crippen LogP contribution in [0.3, 0.4) is 0 Å². The van der Waals surface area contributed by atoms with Gasteiger partial charge in [0.1, 0.15) is 0 Å². The first-order chi connectivity index (χ1) is 12.7. The maximum atomic E-state index is 5.95. The molecule has 3 nitrogen and oxygen atoms in total. The van der Waals surface area contributed by atoms with Crippen LogP contribution in [0.2, 0.25) is 0 Å². The fourth-order valence-electron chi connectivity index (χ4n) is 3.30. The number of aromatic nitrogens is 1. The van der Waals surface area contributed by atoms with E-state index < -0.39 is 0 Å². The van der Waals surface area contributed by atoms with Gasteiger partial charge in [-0.3, -0.25) is 0 Å². The van der Waals surface area contributed by atoms with Gasteiger partial charge in [0, 0.05) is 34.0 Å². The van der Waals surface area contributed by atoms with Crippen molar-refractivity contribution in [2.45, 2.75) is 6.04 Å². The van der Waals surface area contributed by atoms with Crippen LogP contribution in [0.5, 0.6) is 0 Å². The number of aromatic amines is 1. The van der Waals surface area contributed by atoms with Gasteiger partial charge in [-0.1, -0.05) is 61.2 Å². The highest BCUT2D eigenvalue weighted by Crippen LogP contribution is 2.35. The van der Waals surface area contributed by atoms with Crippen LogP contribution in [-0.4, -0.2) is 4.98 Å².